The van der Waals surface area contributed by atoms with Crippen LogP contribution in [-0.4, -0.2) is 6.61 Å². The Morgan fingerprint density at radius 3 is 2.60 bits per heavy atom. The smallest absolute Gasteiger partial charge is 0.120 e. The van der Waals surface area contributed by atoms with Gasteiger partial charge in [0, 0.05) is 0 Å². The number of unbranched alkanes of at least 4 members (excludes halogenated alkanes) is 1. The van der Waals surface area contributed by atoms with Crippen molar-refractivity contribution in [3.63, 3.8) is 0 Å². The Hall–Kier alpha value is -0.980. The molecule has 1 nitrogen and oxygen atoms in total. The predicted molar refractivity (Wildman–Crippen MR) is 64.4 cm³/mol. The molecule has 0 saturated carbocycles. The third kappa shape index (κ3) is 3.94. The van der Waals surface area contributed by atoms with Gasteiger partial charge in [-0.1, -0.05) is 40.2 Å². The van der Waals surface area contributed by atoms with E-state index in [1.165, 1.54) is 12.0 Å². The van der Waals surface area contributed by atoms with Crippen molar-refractivity contribution in [1.82, 2.24) is 0 Å². The molecule has 0 fully saturated rings. The van der Waals surface area contributed by atoms with Crippen molar-refractivity contribution in [3.8, 4) is 5.75 Å². The Morgan fingerprint density at radius 1 is 1.27 bits per heavy atom. The molecule has 1 aromatic carbocycles. The highest BCUT2D eigenvalue weighted by Crippen LogP contribution is 2.25. The van der Waals surface area contributed by atoms with Crippen LogP contribution in [0.15, 0.2) is 18.2 Å². The molecule has 1 rings (SSSR count). The minimum Gasteiger partial charge on any atom is -0.494 e. The minimum absolute atomic E-state index is 0.167. The van der Waals surface area contributed by atoms with Gasteiger partial charge >= 0.3 is 0 Å². The number of benzene rings is 1. The standard InChI is InChI=1S/C14H21O/c1-5-6-10-15-13-9-7-8-12(11-13)14(2,3)4/h8-9,11H,5-6,10H2,1-4H3. The predicted octanol–water partition coefficient (Wildman–Crippen LogP) is 3.96. The van der Waals surface area contributed by atoms with Crippen molar-refractivity contribution in [1.29, 1.82) is 0 Å². The zero-order valence-electron chi connectivity index (χ0n) is 10.3. The van der Waals surface area contributed by atoms with E-state index in [0.717, 1.165) is 18.8 Å². The first kappa shape index (κ1) is 12.1. The largest absolute Gasteiger partial charge is 0.494 e. The quantitative estimate of drug-likeness (QED) is 0.676. The van der Waals surface area contributed by atoms with E-state index >= 15 is 0 Å². The average molecular weight is 205 g/mol. The summed E-state index contributed by atoms with van der Waals surface area (Å²) < 4.78 is 5.65. The molecule has 0 aliphatic rings. The summed E-state index contributed by atoms with van der Waals surface area (Å²) in [6, 6.07) is 9.20. The molecular weight excluding hydrogens is 184 g/mol. The number of hydrogen-bond acceptors (Lipinski definition) is 1. The second-order valence-corrected chi connectivity index (χ2v) is 4.91. The van der Waals surface area contributed by atoms with E-state index < -0.39 is 0 Å². The van der Waals surface area contributed by atoms with Crippen LogP contribution >= 0.6 is 0 Å². The van der Waals surface area contributed by atoms with Crippen molar-refractivity contribution >= 4 is 0 Å². The normalized spacial score (nSPS) is 11.5. The SMILES string of the molecule is CCCCOc1c[c]cc(C(C)(C)C)c1. The lowest BCUT2D eigenvalue weighted by Crippen LogP contribution is -2.11. The Balaban J connectivity index is 2.66. The van der Waals surface area contributed by atoms with Gasteiger partial charge in [0.15, 0.2) is 0 Å². The van der Waals surface area contributed by atoms with Gasteiger partial charge in [-0.2, -0.15) is 0 Å². The van der Waals surface area contributed by atoms with E-state index in [0.29, 0.717) is 0 Å². The van der Waals surface area contributed by atoms with Gasteiger partial charge in [0.1, 0.15) is 5.75 Å². The fourth-order valence-electron chi connectivity index (χ4n) is 1.30. The van der Waals surface area contributed by atoms with Crippen LogP contribution in [-0.2, 0) is 5.41 Å². The van der Waals surface area contributed by atoms with Gasteiger partial charge in [0.2, 0.25) is 0 Å². The summed E-state index contributed by atoms with van der Waals surface area (Å²) in [5.41, 5.74) is 1.44. The fourth-order valence-corrected chi connectivity index (χ4v) is 1.30. The molecule has 0 aliphatic carbocycles. The minimum atomic E-state index is 0.167. The summed E-state index contributed by atoms with van der Waals surface area (Å²) >= 11 is 0. The van der Waals surface area contributed by atoms with Crippen LogP contribution < -0.4 is 4.74 Å². The first-order chi connectivity index (χ1) is 7.04. The summed E-state index contributed by atoms with van der Waals surface area (Å²) in [5, 5.41) is 0. The van der Waals surface area contributed by atoms with Crippen molar-refractivity contribution in [2.24, 2.45) is 0 Å². The summed E-state index contributed by atoms with van der Waals surface area (Å²) in [6.07, 6.45) is 2.28. The Kier molecular flexibility index (Phi) is 4.19. The van der Waals surface area contributed by atoms with Gasteiger partial charge in [-0.15, -0.1) is 0 Å². The molecule has 0 aliphatic heterocycles. The highest BCUT2D eigenvalue weighted by Gasteiger charge is 2.13. The monoisotopic (exact) mass is 205 g/mol. The maximum atomic E-state index is 5.65. The molecule has 0 atom stereocenters. The highest BCUT2D eigenvalue weighted by atomic mass is 16.5. The van der Waals surface area contributed by atoms with Crippen molar-refractivity contribution in [2.45, 2.75) is 46.0 Å². The van der Waals surface area contributed by atoms with Crippen LogP contribution in [0.4, 0.5) is 0 Å². The van der Waals surface area contributed by atoms with Gasteiger partial charge in [-0.25, -0.2) is 0 Å². The topological polar surface area (TPSA) is 9.23 Å². The van der Waals surface area contributed by atoms with Gasteiger partial charge in [-0.05, 0) is 35.6 Å². The molecule has 0 amide bonds. The molecule has 83 valence electrons. The lowest BCUT2D eigenvalue weighted by molar-refractivity contribution is 0.308. The molecule has 0 saturated heterocycles. The van der Waals surface area contributed by atoms with Crippen LogP contribution in [0.1, 0.15) is 46.1 Å². The molecule has 1 heteroatoms. The first-order valence-corrected chi connectivity index (χ1v) is 5.68. The van der Waals surface area contributed by atoms with Crippen LogP contribution in [0.2, 0.25) is 0 Å². The Labute approximate surface area is 93.5 Å². The van der Waals surface area contributed by atoms with Crippen molar-refractivity contribution in [2.75, 3.05) is 6.61 Å². The van der Waals surface area contributed by atoms with Crippen LogP contribution in [0, 0.1) is 6.07 Å². The molecular formula is C14H21O. The lowest BCUT2D eigenvalue weighted by atomic mass is 9.87. The van der Waals surface area contributed by atoms with E-state index in [1.54, 1.807) is 0 Å². The van der Waals surface area contributed by atoms with Crippen LogP contribution in [0.25, 0.3) is 0 Å². The van der Waals surface area contributed by atoms with E-state index in [9.17, 15) is 0 Å². The third-order valence-corrected chi connectivity index (χ3v) is 2.39. The second-order valence-electron chi connectivity index (χ2n) is 4.91. The molecule has 0 bridgehead atoms. The summed E-state index contributed by atoms with van der Waals surface area (Å²) in [4.78, 5) is 0. The zero-order chi connectivity index (χ0) is 11.3. The summed E-state index contributed by atoms with van der Waals surface area (Å²) in [6.45, 7) is 9.57. The molecule has 15 heavy (non-hydrogen) atoms. The Bertz CT molecular complexity index is 296. The second kappa shape index (κ2) is 5.20. The van der Waals surface area contributed by atoms with Crippen molar-refractivity contribution in [3.05, 3.63) is 29.8 Å². The summed E-state index contributed by atoms with van der Waals surface area (Å²) in [5.74, 6) is 0.941. The number of rotatable bonds is 4. The molecule has 0 unspecified atom stereocenters. The van der Waals surface area contributed by atoms with E-state index in [-0.39, 0.29) is 5.41 Å². The maximum absolute atomic E-state index is 5.65. The van der Waals surface area contributed by atoms with Crippen LogP contribution in [0.5, 0.6) is 5.75 Å². The third-order valence-electron chi connectivity index (χ3n) is 2.39. The van der Waals surface area contributed by atoms with Crippen LogP contribution in [0.3, 0.4) is 0 Å². The lowest BCUT2D eigenvalue weighted by Gasteiger charge is -2.19. The van der Waals surface area contributed by atoms with Gasteiger partial charge in [0.25, 0.3) is 0 Å². The molecule has 0 spiro atoms. The highest BCUT2D eigenvalue weighted by molar-refractivity contribution is 5.31. The number of ether oxygens (including phenoxy) is 1. The zero-order valence-corrected chi connectivity index (χ0v) is 10.3. The summed E-state index contributed by atoms with van der Waals surface area (Å²) in [7, 11) is 0. The maximum Gasteiger partial charge on any atom is 0.120 e. The fraction of sp³-hybridized carbons (Fsp3) is 0.571. The van der Waals surface area contributed by atoms with E-state index in [4.69, 9.17) is 4.74 Å². The molecule has 0 aromatic heterocycles. The van der Waals surface area contributed by atoms with E-state index in [1.807, 2.05) is 12.1 Å². The first-order valence-electron chi connectivity index (χ1n) is 5.68. The van der Waals surface area contributed by atoms with E-state index in [2.05, 4.69) is 39.8 Å². The molecule has 0 heterocycles. The Morgan fingerprint density at radius 2 is 2.00 bits per heavy atom. The molecule has 1 aromatic rings. The van der Waals surface area contributed by atoms with Gasteiger partial charge in [-0.3, -0.25) is 0 Å². The molecule has 1 radical (unpaired) electrons. The van der Waals surface area contributed by atoms with Gasteiger partial charge < -0.3 is 4.74 Å². The average Bonchev–Trinajstić information content (AvgIpc) is 2.17. The number of hydrogen-bond donors (Lipinski definition) is 0. The van der Waals surface area contributed by atoms with Crippen molar-refractivity contribution < 1.29 is 4.74 Å². The van der Waals surface area contributed by atoms with Gasteiger partial charge in [0.05, 0.1) is 6.61 Å². The molecule has 0 N–H and O–H groups in total.